The van der Waals surface area contributed by atoms with Crippen LogP contribution in [-0.4, -0.2) is 44.0 Å². The van der Waals surface area contributed by atoms with Crippen LogP contribution in [0, 0.1) is 5.92 Å². The summed E-state index contributed by atoms with van der Waals surface area (Å²) in [6, 6.07) is 7.58. The summed E-state index contributed by atoms with van der Waals surface area (Å²) >= 11 is 3.38. The van der Waals surface area contributed by atoms with Crippen LogP contribution in [0.1, 0.15) is 37.0 Å². The van der Waals surface area contributed by atoms with E-state index in [9.17, 15) is 4.79 Å². The van der Waals surface area contributed by atoms with Gasteiger partial charge in [-0.2, -0.15) is 0 Å². The topological polar surface area (TPSA) is 29.5 Å². The average Bonchev–Trinajstić information content (AvgIpc) is 2.44. The van der Waals surface area contributed by atoms with Gasteiger partial charge in [0.25, 0.3) is 0 Å². The van der Waals surface area contributed by atoms with E-state index in [1.165, 1.54) is 0 Å². The van der Waals surface area contributed by atoms with Crippen LogP contribution in [-0.2, 0) is 4.74 Å². The molecule has 0 aliphatic carbocycles. The highest BCUT2D eigenvalue weighted by molar-refractivity contribution is 9.10. The summed E-state index contributed by atoms with van der Waals surface area (Å²) in [6.07, 6.45) is 1.49. The number of halogens is 1. The lowest BCUT2D eigenvalue weighted by Gasteiger charge is -2.23. The smallest absolute Gasteiger partial charge is 0.162 e. The van der Waals surface area contributed by atoms with Gasteiger partial charge in [0.2, 0.25) is 0 Å². The van der Waals surface area contributed by atoms with E-state index in [2.05, 4.69) is 34.7 Å². The Morgan fingerprint density at radius 1 is 1.24 bits per heavy atom. The van der Waals surface area contributed by atoms with Crippen LogP contribution < -0.4 is 0 Å². The third-order valence-corrected chi connectivity index (χ3v) is 3.81. The summed E-state index contributed by atoms with van der Waals surface area (Å²) in [5.41, 5.74) is 0.797. The van der Waals surface area contributed by atoms with Crippen molar-refractivity contribution in [3.05, 3.63) is 34.3 Å². The summed E-state index contributed by atoms with van der Waals surface area (Å²) in [6.45, 7) is 8.10. The highest BCUT2D eigenvalue weighted by Gasteiger charge is 2.10. The molecule has 1 aromatic carbocycles. The molecule has 0 atom stereocenters. The van der Waals surface area contributed by atoms with Crippen molar-refractivity contribution in [2.75, 3.05) is 33.4 Å². The van der Waals surface area contributed by atoms with E-state index in [1.807, 2.05) is 24.3 Å². The second kappa shape index (κ2) is 10.1. The zero-order valence-electron chi connectivity index (χ0n) is 13.3. The van der Waals surface area contributed by atoms with Crippen LogP contribution >= 0.6 is 15.9 Å². The maximum Gasteiger partial charge on any atom is 0.162 e. The van der Waals surface area contributed by atoms with Gasteiger partial charge in [-0.3, -0.25) is 4.79 Å². The van der Waals surface area contributed by atoms with Gasteiger partial charge >= 0.3 is 0 Å². The lowest BCUT2D eigenvalue weighted by molar-refractivity contribution is 0.0968. The molecule has 0 spiro atoms. The first-order valence-electron chi connectivity index (χ1n) is 7.53. The van der Waals surface area contributed by atoms with Crippen molar-refractivity contribution in [2.45, 2.75) is 26.7 Å². The summed E-state index contributed by atoms with van der Waals surface area (Å²) in [5.74, 6) is 0.850. The minimum absolute atomic E-state index is 0.221. The number of benzene rings is 1. The number of rotatable bonds is 10. The van der Waals surface area contributed by atoms with Gasteiger partial charge in [0, 0.05) is 36.7 Å². The second-order valence-corrected chi connectivity index (χ2v) is 6.64. The molecule has 0 bridgehead atoms. The highest BCUT2D eigenvalue weighted by atomic mass is 79.9. The molecular formula is C17H26BrNO2. The fourth-order valence-electron chi connectivity index (χ4n) is 2.27. The summed E-state index contributed by atoms with van der Waals surface area (Å²) in [7, 11) is 1.73. The average molecular weight is 356 g/mol. The Morgan fingerprint density at radius 3 is 2.48 bits per heavy atom. The Kier molecular flexibility index (Phi) is 8.81. The molecule has 0 unspecified atom stereocenters. The van der Waals surface area contributed by atoms with Crippen molar-refractivity contribution in [3.63, 3.8) is 0 Å². The van der Waals surface area contributed by atoms with Crippen molar-refractivity contribution in [1.82, 2.24) is 4.90 Å². The fourth-order valence-corrected chi connectivity index (χ4v) is 2.54. The normalized spacial score (nSPS) is 11.3. The Morgan fingerprint density at radius 2 is 1.90 bits per heavy atom. The maximum atomic E-state index is 12.1. The minimum Gasteiger partial charge on any atom is -0.383 e. The predicted molar refractivity (Wildman–Crippen MR) is 90.9 cm³/mol. The number of Topliss-reactive ketones (excluding diaryl/α,β-unsaturated/α-hetero) is 1. The molecule has 4 heteroatoms. The van der Waals surface area contributed by atoms with Gasteiger partial charge in [-0.1, -0.05) is 41.9 Å². The lowest BCUT2D eigenvalue weighted by Crippen LogP contribution is -2.32. The van der Waals surface area contributed by atoms with Crippen LogP contribution in [0.15, 0.2) is 28.7 Å². The zero-order valence-corrected chi connectivity index (χ0v) is 14.9. The van der Waals surface area contributed by atoms with E-state index >= 15 is 0 Å². The van der Waals surface area contributed by atoms with E-state index in [-0.39, 0.29) is 5.78 Å². The Labute approximate surface area is 136 Å². The SMILES string of the molecule is COCCN(CCCC(=O)c1ccc(Br)cc1)CC(C)C. The number of hydrogen-bond donors (Lipinski definition) is 0. The van der Waals surface area contributed by atoms with Gasteiger partial charge in [-0.25, -0.2) is 0 Å². The molecule has 0 aliphatic rings. The van der Waals surface area contributed by atoms with Crippen molar-refractivity contribution >= 4 is 21.7 Å². The molecule has 0 amide bonds. The third kappa shape index (κ3) is 7.74. The Bertz CT molecular complexity index is 417. The monoisotopic (exact) mass is 355 g/mol. The van der Waals surface area contributed by atoms with Crippen molar-refractivity contribution in [3.8, 4) is 0 Å². The summed E-state index contributed by atoms with van der Waals surface area (Å²) < 4.78 is 6.15. The van der Waals surface area contributed by atoms with Gasteiger partial charge in [0.1, 0.15) is 0 Å². The number of ketones is 1. The first kappa shape index (κ1) is 18.3. The van der Waals surface area contributed by atoms with Gasteiger partial charge in [-0.15, -0.1) is 0 Å². The maximum absolute atomic E-state index is 12.1. The molecule has 21 heavy (non-hydrogen) atoms. The molecule has 0 aromatic heterocycles. The molecule has 1 aromatic rings. The molecule has 0 N–H and O–H groups in total. The number of methoxy groups -OCH3 is 1. The Hall–Kier alpha value is -0.710. The number of carbonyl (C=O) groups excluding carboxylic acids is 1. The van der Waals surface area contributed by atoms with E-state index in [0.717, 1.165) is 42.7 Å². The lowest BCUT2D eigenvalue weighted by atomic mass is 10.1. The van der Waals surface area contributed by atoms with Gasteiger partial charge < -0.3 is 9.64 Å². The third-order valence-electron chi connectivity index (χ3n) is 3.28. The van der Waals surface area contributed by atoms with Crippen molar-refractivity contribution < 1.29 is 9.53 Å². The van der Waals surface area contributed by atoms with Gasteiger partial charge in [-0.05, 0) is 31.0 Å². The zero-order chi connectivity index (χ0) is 15.7. The molecular weight excluding hydrogens is 330 g/mol. The largest absolute Gasteiger partial charge is 0.383 e. The molecule has 0 saturated heterocycles. The molecule has 1 rings (SSSR count). The van der Waals surface area contributed by atoms with E-state index in [1.54, 1.807) is 7.11 Å². The molecule has 0 radical (unpaired) electrons. The van der Waals surface area contributed by atoms with Crippen LogP contribution in [0.25, 0.3) is 0 Å². The minimum atomic E-state index is 0.221. The second-order valence-electron chi connectivity index (χ2n) is 5.72. The van der Waals surface area contributed by atoms with E-state index < -0.39 is 0 Å². The first-order chi connectivity index (χ1) is 10.0. The Balaban J connectivity index is 2.38. The van der Waals surface area contributed by atoms with Crippen LogP contribution in [0.5, 0.6) is 0 Å². The van der Waals surface area contributed by atoms with Crippen molar-refractivity contribution in [1.29, 1.82) is 0 Å². The molecule has 0 heterocycles. The van der Waals surface area contributed by atoms with Gasteiger partial charge in [0.05, 0.1) is 6.61 Å². The first-order valence-corrected chi connectivity index (χ1v) is 8.32. The number of hydrogen-bond acceptors (Lipinski definition) is 3. The van der Waals surface area contributed by atoms with Crippen molar-refractivity contribution in [2.24, 2.45) is 5.92 Å². The number of nitrogens with zero attached hydrogens (tertiary/aromatic N) is 1. The molecule has 0 fully saturated rings. The quantitative estimate of drug-likeness (QED) is 0.593. The standard InChI is InChI=1S/C17H26BrNO2/c1-14(2)13-19(11-12-21-3)10-4-5-17(20)15-6-8-16(18)9-7-15/h6-9,14H,4-5,10-13H2,1-3H3. The van der Waals surface area contributed by atoms with Crippen LogP contribution in [0.4, 0.5) is 0 Å². The van der Waals surface area contributed by atoms with Crippen LogP contribution in [0.3, 0.4) is 0 Å². The fraction of sp³-hybridized carbons (Fsp3) is 0.588. The molecule has 0 aliphatic heterocycles. The van der Waals surface area contributed by atoms with E-state index in [4.69, 9.17) is 4.74 Å². The van der Waals surface area contributed by atoms with Gasteiger partial charge in [0.15, 0.2) is 5.78 Å². The van der Waals surface area contributed by atoms with E-state index in [0.29, 0.717) is 12.3 Å². The van der Waals surface area contributed by atoms with Crippen LogP contribution in [0.2, 0.25) is 0 Å². The predicted octanol–water partition coefficient (Wildman–Crippen LogP) is 4.02. The molecule has 0 saturated carbocycles. The number of ether oxygens (including phenoxy) is 1. The highest BCUT2D eigenvalue weighted by Crippen LogP contribution is 2.13. The summed E-state index contributed by atoms with van der Waals surface area (Å²) in [4.78, 5) is 14.5. The summed E-state index contributed by atoms with van der Waals surface area (Å²) in [5, 5.41) is 0. The molecule has 3 nitrogen and oxygen atoms in total. The molecule has 118 valence electrons. The number of carbonyl (C=O) groups is 1.